The van der Waals surface area contributed by atoms with Crippen LogP contribution in [0.25, 0.3) is 0 Å². The summed E-state index contributed by atoms with van der Waals surface area (Å²) in [5.74, 6) is -0.876. The molecule has 0 saturated heterocycles. The number of hydrogen-bond donors (Lipinski definition) is 2. The molecular formula is C18H27NO5. The summed E-state index contributed by atoms with van der Waals surface area (Å²) in [6, 6.07) is 4.96. The Morgan fingerprint density at radius 1 is 1.21 bits per heavy atom. The van der Waals surface area contributed by atoms with Crippen molar-refractivity contribution in [2.75, 3.05) is 20.2 Å². The van der Waals surface area contributed by atoms with Gasteiger partial charge in [-0.3, -0.25) is 4.79 Å². The Balaban J connectivity index is 2.25. The van der Waals surface area contributed by atoms with Gasteiger partial charge in [-0.2, -0.15) is 0 Å². The van der Waals surface area contributed by atoms with Crippen molar-refractivity contribution >= 4 is 11.9 Å². The molecule has 1 aromatic rings. The second-order valence-electron chi connectivity index (χ2n) is 6.56. The van der Waals surface area contributed by atoms with Crippen molar-refractivity contribution in [3.63, 3.8) is 0 Å². The number of hydrogen-bond acceptors (Lipinski definition) is 6. The highest BCUT2D eigenvalue weighted by Crippen LogP contribution is 2.20. The number of carbonyl (C=O) groups excluding carboxylic acids is 2. The molecule has 0 atom stereocenters. The molecule has 0 fully saturated rings. The maximum Gasteiger partial charge on any atom is 0.341 e. The lowest BCUT2D eigenvalue weighted by molar-refractivity contribution is -0.153. The van der Waals surface area contributed by atoms with E-state index in [1.165, 1.54) is 7.11 Å². The molecule has 0 amide bonds. The van der Waals surface area contributed by atoms with E-state index in [1.807, 2.05) is 20.8 Å². The van der Waals surface area contributed by atoms with Gasteiger partial charge >= 0.3 is 11.9 Å². The zero-order valence-electron chi connectivity index (χ0n) is 14.8. The van der Waals surface area contributed by atoms with Crippen LogP contribution < -0.4 is 5.32 Å². The van der Waals surface area contributed by atoms with Gasteiger partial charge in [-0.1, -0.05) is 6.07 Å². The summed E-state index contributed by atoms with van der Waals surface area (Å²) >= 11 is 0. The van der Waals surface area contributed by atoms with Crippen molar-refractivity contribution in [1.82, 2.24) is 5.32 Å². The fourth-order valence-electron chi connectivity index (χ4n) is 2.16. The van der Waals surface area contributed by atoms with E-state index in [9.17, 15) is 14.7 Å². The van der Waals surface area contributed by atoms with Crippen LogP contribution in [-0.2, 0) is 20.7 Å². The van der Waals surface area contributed by atoms with Gasteiger partial charge in [0.2, 0.25) is 0 Å². The summed E-state index contributed by atoms with van der Waals surface area (Å²) in [6.45, 7) is 6.43. The predicted octanol–water partition coefficient (Wildman–Crippen LogP) is 2.43. The molecule has 0 aliphatic carbocycles. The second-order valence-corrected chi connectivity index (χ2v) is 6.56. The third-order valence-corrected chi connectivity index (χ3v) is 3.23. The molecular weight excluding hydrogens is 310 g/mol. The van der Waals surface area contributed by atoms with E-state index < -0.39 is 11.6 Å². The van der Waals surface area contributed by atoms with Crippen LogP contribution in [0.15, 0.2) is 18.2 Å². The monoisotopic (exact) mass is 337 g/mol. The SMILES string of the molecule is COC(=O)c1ccc(CCCCNCC(=O)OC(C)(C)C)cc1O. The zero-order chi connectivity index (χ0) is 18.2. The van der Waals surface area contributed by atoms with Gasteiger partial charge < -0.3 is 19.9 Å². The summed E-state index contributed by atoms with van der Waals surface area (Å²) in [5.41, 5.74) is 0.657. The van der Waals surface area contributed by atoms with Crippen LogP contribution in [0.2, 0.25) is 0 Å². The van der Waals surface area contributed by atoms with E-state index in [1.54, 1.807) is 18.2 Å². The van der Waals surface area contributed by atoms with Gasteiger partial charge in [0.05, 0.1) is 13.7 Å². The molecule has 24 heavy (non-hydrogen) atoms. The lowest BCUT2D eigenvalue weighted by Gasteiger charge is -2.19. The molecule has 0 bridgehead atoms. The third kappa shape index (κ3) is 7.46. The van der Waals surface area contributed by atoms with E-state index in [0.717, 1.165) is 24.8 Å². The minimum Gasteiger partial charge on any atom is -0.507 e. The quantitative estimate of drug-likeness (QED) is 0.560. The molecule has 0 spiro atoms. The van der Waals surface area contributed by atoms with Gasteiger partial charge in [-0.25, -0.2) is 4.79 Å². The van der Waals surface area contributed by atoms with Gasteiger partial charge in [0.1, 0.15) is 16.9 Å². The van der Waals surface area contributed by atoms with E-state index >= 15 is 0 Å². The normalized spacial score (nSPS) is 11.2. The van der Waals surface area contributed by atoms with Gasteiger partial charge in [0, 0.05) is 0 Å². The molecule has 0 aliphatic rings. The van der Waals surface area contributed by atoms with Crippen molar-refractivity contribution in [3.05, 3.63) is 29.3 Å². The molecule has 2 N–H and O–H groups in total. The lowest BCUT2D eigenvalue weighted by Crippen LogP contribution is -2.31. The van der Waals surface area contributed by atoms with Gasteiger partial charge in [0.25, 0.3) is 0 Å². The van der Waals surface area contributed by atoms with Gasteiger partial charge in [0.15, 0.2) is 0 Å². The molecule has 0 saturated carbocycles. The number of aromatic hydroxyl groups is 1. The molecule has 0 aliphatic heterocycles. The zero-order valence-corrected chi connectivity index (χ0v) is 14.8. The number of unbranched alkanes of at least 4 members (excludes halogenated alkanes) is 1. The minimum absolute atomic E-state index is 0.0672. The number of esters is 2. The van der Waals surface area contributed by atoms with Crippen LogP contribution in [0.5, 0.6) is 5.75 Å². The van der Waals surface area contributed by atoms with Gasteiger partial charge in [-0.05, 0) is 64.3 Å². The van der Waals surface area contributed by atoms with Crippen LogP contribution in [0.3, 0.4) is 0 Å². The number of aryl methyl sites for hydroxylation is 1. The van der Waals surface area contributed by atoms with E-state index in [0.29, 0.717) is 6.54 Å². The number of rotatable bonds is 8. The van der Waals surface area contributed by atoms with Crippen molar-refractivity contribution in [3.8, 4) is 5.75 Å². The predicted molar refractivity (Wildman–Crippen MR) is 91.1 cm³/mol. The minimum atomic E-state index is -0.551. The number of benzene rings is 1. The smallest absolute Gasteiger partial charge is 0.341 e. The maximum atomic E-state index is 11.5. The van der Waals surface area contributed by atoms with E-state index in [-0.39, 0.29) is 23.8 Å². The Bertz CT molecular complexity index is 563. The highest BCUT2D eigenvalue weighted by atomic mass is 16.6. The molecule has 0 aromatic heterocycles. The number of phenolic OH excluding ortho intramolecular Hbond substituents is 1. The highest BCUT2D eigenvalue weighted by molar-refractivity contribution is 5.92. The van der Waals surface area contributed by atoms with Crippen LogP contribution in [0, 0.1) is 0 Å². The largest absolute Gasteiger partial charge is 0.507 e. The Kier molecular flexibility index (Phi) is 7.71. The first kappa shape index (κ1) is 20.0. The summed E-state index contributed by atoms with van der Waals surface area (Å²) in [6.07, 6.45) is 2.57. The number of methoxy groups -OCH3 is 1. The Labute approximate surface area is 143 Å². The third-order valence-electron chi connectivity index (χ3n) is 3.23. The molecule has 0 heterocycles. The Morgan fingerprint density at radius 2 is 1.92 bits per heavy atom. The van der Waals surface area contributed by atoms with E-state index in [2.05, 4.69) is 10.1 Å². The standard InChI is InChI=1S/C18H27NO5/c1-18(2,3)24-16(21)12-19-10-6-5-7-13-8-9-14(15(20)11-13)17(22)23-4/h8-9,11,19-20H,5-7,10,12H2,1-4H3. The van der Waals surface area contributed by atoms with Gasteiger partial charge in [-0.15, -0.1) is 0 Å². The highest BCUT2D eigenvalue weighted by Gasteiger charge is 2.15. The topological polar surface area (TPSA) is 84.9 Å². The average Bonchev–Trinajstić information content (AvgIpc) is 2.48. The van der Waals surface area contributed by atoms with Crippen molar-refractivity contribution < 1.29 is 24.2 Å². The summed E-state index contributed by atoms with van der Waals surface area (Å²) in [4.78, 5) is 22.9. The number of nitrogens with one attached hydrogen (secondary N) is 1. The second kappa shape index (κ2) is 9.27. The molecule has 134 valence electrons. The van der Waals surface area contributed by atoms with Crippen molar-refractivity contribution in [1.29, 1.82) is 0 Å². The number of phenols is 1. The Morgan fingerprint density at radius 3 is 2.50 bits per heavy atom. The first-order chi connectivity index (χ1) is 11.2. The van der Waals surface area contributed by atoms with Crippen molar-refractivity contribution in [2.24, 2.45) is 0 Å². The fourth-order valence-corrected chi connectivity index (χ4v) is 2.16. The summed E-state index contributed by atoms with van der Waals surface area (Å²) < 4.78 is 9.79. The van der Waals surface area contributed by atoms with Crippen LogP contribution >= 0.6 is 0 Å². The number of ether oxygens (including phenoxy) is 2. The van der Waals surface area contributed by atoms with Crippen LogP contribution in [0.4, 0.5) is 0 Å². The molecule has 0 unspecified atom stereocenters. The summed E-state index contributed by atoms with van der Waals surface area (Å²) in [5, 5.41) is 12.9. The van der Waals surface area contributed by atoms with Crippen molar-refractivity contribution in [2.45, 2.75) is 45.6 Å². The average molecular weight is 337 g/mol. The molecule has 6 nitrogen and oxygen atoms in total. The molecule has 0 radical (unpaired) electrons. The first-order valence-corrected chi connectivity index (χ1v) is 8.05. The number of carbonyl (C=O) groups is 2. The van der Waals surface area contributed by atoms with Crippen LogP contribution in [-0.4, -0.2) is 42.8 Å². The fraction of sp³-hybridized carbons (Fsp3) is 0.556. The van der Waals surface area contributed by atoms with Crippen LogP contribution in [0.1, 0.15) is 49.5 Å². The molecule has 6 heteroatoms. The maximum absolute atomic E-state index is 11.5. The molecule has 1 aromatic carbocycles. The Hall–Kier alpha value is -2.08. The molecule has 1 rings (SSSR count). The summed E-state index contributed by atoms with van der Waals surface area (Å²) in [7, 11) is 1.28. The van der Waals surface area contributed by atoms with E-state index in [4.69, 9.17) is 4.74 Å². The lowest BCUT2D eigenvalue weighted by atomic mass is 10.0. The first-order valence-electron chi connectivity index (χ1n) is 8.05.